The van der Waals surface area contributed by atoms with Gasteiger partial charge in [0.2, 0.25) is 0 Å². The summed E-state index contributed by atoms with van der Waals surface area (Å²) in [7, 11) is 0. The lowest BCUT2D eigenvalue weighted by Gasteiger charge is -2.10. The zero-order valence-electron chi connectivity index (χ0n) is 9.35. The van der Waals surface area contributed by atoms with Crippen molar-refractivity contribution >= 4 is 29.5 Å². The maximum atomic E-state index is 10.9. The lowest BCUT2D eigenvalue weighted by molar-refractivity contribution is 0.111. The van der Waals surface area contributed by atoms with Crippen molar-refractivity contribution in [3.05, 3.63) is 46.2 Å². The van der Waals surface area contributed by atoms with Crippen molar-refractivity contribution in [2.24, 2.45) is 0 Å². The molecule has 0 spiro atoms. The quantitative estimate of drug-likeness (QED) is 0.793. The third-order valence-electron chi connectivity index (χ3n) is 2.29. The van der Waals surface area contributed by atoms with Gasteiger partial charge in [-0.05, 0) is 18.2 Å². The molecule has 4 nitrogen and oxygen atoms in total. The van der Waals surface area contributed by atoms with Crippen molar-refractivity contribution < 1.29 is 9.53 Å². The fraction of sp³-hybridized carbons (Fsp3) is 0.167. The summed E-state index contributed by atoms with van der Waals surface area (Å²) in [6, 6.07) is 4.88. The van der Waals surface area contributed by atoms with Gasteiger partial charge in [0.15, 0.2) is 6.29 Å². The summed E-state index contributed by atoms with van der Waals surface area (Å²) >= 11 is 11.8. The molecule has 0 radical (unpaired) electrons. The first-order chi connectivity index (χ1) is 8.70. The smallest absolute Gasteiger partial charge is 0.153 e. The molecular weight excluding hydrogens is 275 g/mol. The second-order valence-electron chi connectivity index (χ2n) is 3.54. The number of halogens is 2. The van der Waals surface area contributed by atoms with E-state index in [1.54, 1.807) is 16.9 Å². The summed E-state index contributed by atoms with van der Waals surface area (Å²) in [5.41, 5.74) is 0.341. The van der Waals surface area contributed by atoms with Crippen LogP contribution in [0.4, 0.5) is 0 Å². The Morgan fingerprint density at radius 1 is 1.39 bits per heavy atom. The van der Waals surface area contributed by atoms with Gasteiger partial charge in [-0.25, -0.2) is 0 Å². The van der Waals surface area contributed by atoms with Crippen LogP contribution in [-0.2, 0) is 6.54 Å². The number of nitrogens with zero attached hydrogens (tertiary/aromatic N) is 2. The van der Waals surface area contributed by atoms with Gasteiger partial charge >= 0.3 is 0 Å². The molecule has 0 amide bonds. The fourth-order valence-corrected chi connectivity index (χ4v) is 2.06. The van der Waals surface area contributed by atoms with Crippen molar-refractivity contribution in [2.75, 3.05) is 6.61 Å². The first-order valence-electron chi connectivity index (χ1n) is 5.25. The normalized spacial score (nSPS) is 10.3. The summed E-state index contributed by atoms with van der Waals surface area (Å²) in [4.78, 5) is 10.9. The monoisotopic (exact) mass is 284 g/mol. The molecule has 2 rings (SSSR count). The number of ether oxygens (including phenoxy) is 1. The van der Waals surface area contributed by atoms with Gasteiger partial charge < -0.3 is 4.74 Å². The van der Waals surface area contributed by atoms with E-state index in [9.17, 15) is 4.79 Å². The predicted molar refractivity (Wildman–Crippen MR) is 69.6 cm³/mol. The Morgan fingerprint density at radius 3 is 2.89 bits per heavy atom. The Hall–Kier alpha value is -1.52. The van der Waals surface area contributed by atoms with Crippen LogP contribution in [0.15, 0.2) is 30.6 Å². The van der Waals surface area contributed by atoms with Crippen LogP contribution in [-0.4, -0.2) is 22.7 Å². The van der Waals surface area contributed by atoms with Crippen LogP contribution in [0.1, 0.15) is 10.4 Å². The highest BCUT2D eigenvalue weighted by molar-refractivity contribution is 6.36. The second-order valence-corrected chi connectivity index (χ2v) is 4.39. The SMILES string of the molecule is O=Cc1cc(Cl)cc(Cl)c1OCCn1cccn1. The second kappa shape index (κ2) is 5.89. The Morgan fingerprint density at radius 2 is 2.22 bits per heavy atom. The molecule has 1 heterocycles. The van der Waals surface area contributed by atoms with Gasteiger partial charge in [-0.1, -0.05) is 23.2 Å². The van der Waals surface area contributed by atoms with Gasteiger partial charge in [-0.15, -0.1) is 0 Å². The molecule has 0 aliphatic heterocycles. The molecular formula is C12H10Cl2N2O2. The van der Waals surface area contributed by atoms with E-state index in [4.69, 9.17) is 27.9 Å². The summed E-state index contributed by atoms with van der Waals surface area (Å²) in [6.07, 6.45) is 4.18. The average Bonchev–Trinajstić information content (AvgIpc) is 2.84. The van der Waals surface area contributed by atoms with Gasteiger partial charge in [0, 0.05) is 17.4 Å². The number of hydrogen-bond acceptors (Lipinski definition) is 3. The fourth-order valence-electron chi connectivity index (χ4n) is 1.49. The lowest BCUT2D eigenvalue weighted by atomic mass is 10.2. The van der Waals surface area contributed by atoms with Crippen molar-refractivity contribution in [3.63, 3.8) is 0 Å². The molecule has 18 heavy (non-hydrogen) atoms. The minimum atomic E-state index is 0.324. The van der Waals surface area contributed by atoms with Gasteiger partial charge in [-0.3, -0.25) is 9.48 Å². The zero-order chi connectivity index (χ0) is 13.0. The highest BCUT2D eigenvalue weighted by Gasteiger charge is 2.10. The summed E-state index contributed by atoms with van der Waals surface area (Å²) in [5.74, 6) is 0.350. The maximum Gasteiger partial charge on any atom is 0.153 e. The van der Waals surface area contributed by atoms with Crippen molar-refractivity contribution in [3.8, 4) is 5.75 Å². The molecule has 0 aliphatic rings. The molecule has 2 aromatic rings. The Kier molecular flexibility index (Phi) is 4.23. The molecule has 6 heteroatoms. The highest BCUT2D eigenvalue weighted by Crippen LogP contribution is 2.31. The van der Waals surface area contributed by atoms with Crippen LogP contribution in [0.2, 0.25) is 10.0 Å². The van der Waals surface area contributed by atoms with E-state index in [0.717, 1.165) is 0 Å². The molecule has 0 saturated heterocycles. The molecule has 0 aliphatic carbocycles. The van der Waals surface area contributed by atoms with Gasteiger partial charge in [0.1, 0.15) is 12.4 Å². The highest BCUT2D eigenvalue weighted by atomic mass is 35.5. The molecule has 1 aromatic carbocycles. The minimum absolute atomic E-state index is 0.324. The van der Waals surface area contributed by atoms with Crippen LogP contribution >= 0.6 is 23.2 Å². The van der Waals surface area contributed by atoms with Gasteiger partial charge in [0.05, 0.1) is 17.1 Å². The van der Waals surface area contributed by atoms with Crippen molar-refractivity contribution in [1.29, 1.82) is 0 Å². The first-order valence-corrected chi connectivity index (χ1v) is 6.01. The number of aldehydes is 1. The first kappa shape index (κ1) is 12.9. The van der Waals surface area contributed by atoms with Crippen LogP contribution in [0.5, 0.6) is 5.75 Å². The molecule has 0 unspecified atom stereocenters. The molecule has 0 bridgehead atoms. The van der Waals surface area contributed by atoms with Crippen LogP contribution in [0.3, 0.4) is 0 Å². The predicted octanol–water partition coefficient (Wildman–Crippen LogP) is 3.08. The van der Waals surface area contributed by atoms with E-state index >= 15 is 0 Å². The van der Waals surface area contributed by atoms with Crippen LogP contribution in [0, 0.1) is 0 Å². The standard InChI is InChI=1S/C12H10Cl2N2O2/c13-10-6-9(8-17)12(11(14)7-10)18-5-4-16-3-1-2-15-16/h1-3,6-8H,4-5H2. The van der Waals surface area contributed by atoms with Crippen molar-refractivity contribution in [1.82, 2.24) is 9.78 Å². The number of rotatable bonds is 5. The Labute approximate surface area is 114 Å². The van der Waals surface area contributed by atoms with E-state index in [2.05, 4.69) is 5.10 Å². The average molecular weight is 285 g/mol. The van der Waals surface area contributed by atoms with Gasteiger partial charge in [0.25, 0.3) is 0 Å². The Bertz CT molecular complexity index is 541. The minimum Gasteiger partial charge on any atom is -0.489 e. The van der Waals surface area contributed by atoms with E-state index < -0.39 is 0 Å². The third kappa shape index (κ3) is 3.03. The number of hydrogen-bond donors (Lipinski definition) is 0. The molecule has 0 saturated carbocycles. The molecule has 94 valence electrons. The van der Waals surface area contributed by atoms with E-state index in [0.29, 0.717) is 40.8 Å². The van der Waals surface area contributed by atoms with E-state index in [1.807, 2.05) is 12.3 Å². The molecule has 1 aromatic heterocycles. The van der Waals surface area contributed by atoms with E-state index in [-0.39, 0.29) is 0 Å². The Balaban J connectivity index is 2.06. The van der Waals surface area contributed by atoms with Crippen LogP contribution < -0.4 is 4.74 Å². The lowest BCUT2D eigenvalue weighted by Crippen LogP contribution is -2.09. The van der Waals surface area contributed by atoms with Crippen LogP contribution in [0.25, 0.3) is 0 Å². The molecule has 0 fully saturated rings. The summed E-state index contributed by atoms with van der Waals surface area (Å²) in [6.45, 7) is 0.939. The number of aromatic nitrogens is 2. The third-order valence-corrected chi connectivity index (χ3v) is 2.79. The summed E-state index contributed by atoms with van der Waals surface area (Å²) < 4.78 is 7.23. The maximum absolute atomic E-state index is 10.9. The van der Waals surface area contributed by atoms with E-state index in [1.165, 1.54) is 6.07 Å². The molecule has 0 atom stereocenters. The van der Waals surface area contributed by atoms with Gasteiger partial charge in [-0.2, -0.15) is 5.10 Å². The zero-order valence-corrected chi connectivity index (χ0v) is 10.9. The summed E-state index contributed by atoms with van der Waals surface area (Å²) in [5, 5.41) is 4.77. The van der Waals surface area contributed by atoms with Crippen molar-refractivity contribution in [2.45, 2.75) is 6.54 Å². The number of benzene rings is 1. The largest absolute Gasteiger partial charge is 0.489 e. The molecule has 0 N–H and O–H groups in total. The number of carbonyl (C=O) groups excluding carboxylic acids is 1. The number of carbonyl (C=O) groups is 1. The topological polar surface area (TPSA) is 44.1 Å².